The van der Waals surface area contributed by atoms with Crippen LogP contribution in [0.5, 0.6) is 0 Å². The van der Waals surface area contributed by atoms with Crippen LogP contribution in [-0.2, 0) is 6.42 Å². The summed E-state index contributed by atoms with van der Waals surface area (Å²) in [5, 5.41) is 2.88. The molecule has 0 radical (unpaired) electrons. The smallest absolute Gasteiger partial charge is 0.134 e. The molecule has 2 aromatic rings. The second-order valence-corrected chi connectivity index (χ2v) is 4.60. The summed E-state index contributed by atoms with van der Waals surface area (Å²) in [4.78, 5) is 0. The van der Waals surface area contributed by atoms with Crippen molar-refractivity contribution in [3.8, 4) is 0 Å². The minimum Gasteiger partial charge on any atom is -0.309 e. The lowest BCUT2D eigenvalue weighted by atomic mass is 9.96. The van der Waals surface area contributed by atoms with Crippen LogP contribution in [0.4, 0.5) is 13.2 Å². The molecule has 4 heteroatoms. The van der Waals surface area contributed by atoms with Crippen molar-refractivity contribution in [3.05, 3.63) is 70.5 Å². The molecule has 1 N–H and O–H groups in total. The van der Waals surface area contributed by atoms with E-state index in [-0.39, 0.29) is 5.56 Å². The Morgan fingerprint density at radius 2 is 1.70 bits per heavy atom. The van der Waals surface area contributed by atoms with Crippen LogP contribution >= 0.6 is 0 Å². The Bertz CT molecular complexity index is 587. The van der Waals surface area contributed by atoms with Crippen molar-refractivity contribution in [1.82, 2.24) is 5.32 Å². The van der Waals surface area contributed by atoms with E-state index in [4.69, 9.17) is 0 Å². The Kier molecular flexibility index (Phi) is 4.45. The molecule has 0 heterocycles. The third-order valence-electron chi connectivity index (χ3n) is 3.31. The number of benzene rings is 2. The lowest BCUT2D eigenvalue weighted by Gasteiger charge is -2.19. The molecule has 0 bridgehead atoms. The van der Waals surface area contributed by atoms with Gasteiger partial charge in [0, 0.05) is 17.7 Å². The number of rotatable bonds is 4. The van der Waals surface area contributed by atoms with E-state index in [2.05, 4.69) is 5.32 Å². The molecule has 0 aliphatic rings. The molecule has 1 nitrogen and oxygen atoms in total. The van der Waals surface area contributed by atoms with Crippen LogP contribution in [0.2, 0.25) is 0 Å². The highest BCUT2D eigenvalue weighted by atomic mass is 19.1. The fourth-order valence-corrected chi connectivity index (χ4v) is 2.30. The predicted octanol–water partition coefficient (Wildman–Crippen LogP) is 3.98. The van der Waals surface area contributed by atoms with E-state index in [1.807, 2.05) is 25.1 Å². The number of nitrogens with one attached hydrogen (secondary N) is 1. The van der Waals surface area contributed by atoms with E-state index >= 15 is 0 Å². The van der Waals surface area contributed by atoms with Gasteiger partial charge < -0.3 is 5.32 Å². The maximum absolute atomic E-state index is 13.9. The Balaban J connectivity index is 2.52. The van der Waals surface area contributed by atoms with Crippen molar-refractivity contribution >= 4 is 0 Å². The molecule has 1 atom stereocenters. The number of aryl methyl sites for hydroxylation is 1. The zero-order valence-electron chi connectivity index (χ0n) is 11.4. The molecule has 0 saturated carbocycles. The molecule has 1 unspecified atom stereocenters. The second-order valence-electron chi connectivity index (χ2n) is 4.60. The summed E-state index contributed by atoms with van der Waals surface area (Å²) in [7, 11) is 1.62. The van der Waals surface area contributed by atoms with Crippen molar-refractivity contribution in [3.63, 3.8) is 0 Å². The fraction of sp³-hybridized carbons (Fsp3) is 0.250. The lowest BCUT2D eigenvalue weighted by Crippen LogP contribution is -2.20. The Morgan fingerprint density at radius 3 is 2.25 bits per heavy atom. The van der Waals surface area contributed by atoms with Gasteiger partial charge in [-0.25, -0.2) is 13.2 Å². The van der Waals surface area contributed by atoms with Gasteiger partial charge in [0.1, 0.15) is 17.5 Å². The van der Waals surface area contributed by atoms with Gasteiger partial charge >= 0.3 is 0 Å². The summed E-state index contributed by atoms with van der Waals surface area (Å²) in [5.74, 6) is -2.69. The summed E-state index contributed by atoms with van der Waals surface area (Å²) in [6, 6.07) is 8.23. The lowest BCUT2D eigenvalue weighted by molar-refractivity contribution is 0.500. The zero-order valence-corrected chi connectivity index (χ0v) is 11.4. The third-order valence-corrected chi connectivity index (χ3v) is 3.31. The van der Waals surface area contributed by atoms with Gasteiger partial charge in [0.25, 0.3) is 0 Å². The SMILES string of the molecule is CCc1cccc(C(NC)c2c(F)cc(F)cc2F)c1. The molecule has 0 spiro atoms. The van der Waals surface area contributed by atoms with Crippen LogP contribution < -0.4 is 5.32 Å². The third kappa shape index (κ3) is 2.85. The summed E-state index contributed by atoms with van der Waals surface area (Å²) < 4.78 is 40.8. The van der Waals surface area contributed by atoms with Crippen molar-refractivity contribution in [2.24, 2.45) is 0 Å². The molecule has 2 rings (SSSR count). The highest BCUT2D eigenvalue weighted by Crippen LogP contribution is 2.28. The Labute approximate surface area is 116 Å². The largest absolute Gasteiger partial charge is 0.309 e. The van der Waals surface area contributed by atoms with Gasteiger partial charge in [0.15, 0.2) is 0 Å². The maximum Gasteiger partial charge on any atom is 0.134 e. The fourth-order valence-electron chi connectivity index (χ4n) is 2.30. The van der Waals surface area contributed by atoms with E-state index in [1.54, 1.807) is 13.1 Å². The van der Waals surface area contributed by atoms with Crippen LogP contribution in [-0.4, -0.2) is 7.05 Å². The van der Waals surface area contributed by atoms with Gasteiger partial charge in [-0.15, -0.1) is 0 Å². The summed E-state index contributed by atoms with van der Waals surface area (Å²) in [6.45, 7) is 2.01. The highest BCUT2D eigenvalue weighted by Gasteiger charge is 2.21. The van der Waals surface area contributed by atoms with Crippen molar-refractivity contribution < 1.29 is 13.2 Å². The van der Waals surface area contributed by atoms with Gasteiger partial charge in [0.05, 0.1) is 6.04 Å². The number of hydrogen-bond donors (Lipinski definition) is 1. The van der Waals surface area contributed by atoms with Crippen LogP contribution in [0, 0.1) is 17.5 Å². The Morgan fingerprint density at radius 1 is 1.05 bits per heavy atom. The molecule has 0 aliphatic heterocycles. The van der Waals surface area contributed by atoms with Crippen molar-refractivity contribution in [2.45, 2.75) is 19.4 Å². The topological polar surface area (TPSA) is 12.0 Å². The summed E-state index contributed by atoms with van der Waals surface area (Å²) in [5.41, 5.74) is 1.66. The summed E-state index contributed by atoms with van der Waals surface area (Å²) in [6.07, 6.45) is 0.832. The van der Waals surface area contributed by atoms with Gasteiger partial charge in [-0.1, -0.05) is 31.2 Å². The molecule has 2 aromatic carbocycles. The molecule has 20 heavy (non-hydrogen) atoms. The maximum atomic E-state index is 13.9. The number of hydrogen-bond acceptors (Lipinski definition) is 1. The van der Waals surface area contributed by atoms with Gasteiger partial charge in [-0.05, 0) is 24.6 Å². The normalized spacial score (nSPS) is 12.4. The minimum atomic E-state index is -0.916. The number of halogens is 3. The molecule has 0 saturated heterocycles. The monoisotopic (exact) mass is 279 g/mol. The van der Waals surface area contributed by atoms with Crippen LogP contribution in [0.15, 0.2) is 36.4 Å². The predicted molar refractivity (Wildman–Crippen MR) is 73.0 cm³/mol. The van der Waals surface area contributed by atoms with E-state index in [1.165, 1.54) is 0 Å². The molecule has 0 aliphatic carbocycles. The molecular formula is C16H16F3N. The minimum absolute atomic E-state index is 0.165. The molecular weight excluding hydrogens is 263 g/mol. The van der Waals surface area contributed by atoms with E-state index in [0.717, 1.165) is 17.5 Å². The summed E-state index contributed by atoms with van der Waals surface area (Å²) >= 11 is 0. The van der Waals surface area contributed by atoms with E-state index in [0.29, 0.717) is 12.1 Å². The van der Waals surface area contributed by atoms with Gasteiger partial charge in [-0.3, -0.25) is 0 Å². The first-order chi connectivity index (χ1) is 9.56. The van der Waals surface area contributed by atoms with E-state index in [9.17, 15) is 13.2 Å². The zero-order chi connectivity index (χ0) is 14.7. The first-order valence-corrected chi connectivity index (χ1v) is 6.47. The molecule has 0 amide bonds. The van der Waals surface area contributed by atoms with Crippen LogP contribution in [0.25, 0.3) is 0 Å². The van der Waals surface area contributed by atoms with Crippen molar-refractivity contribution in [2.75, 3.05) is 7.05 Å². The van der Waals surface area contributed by atoms with Crippen LogP contribution in [0.3, 0.4) is 0 Å². The second kappa shape index (κ2) is 6.09. The van der Waals surface area contributed by atoms with Gasteiger partial charge in [-0.2, -0.15) is 0 Å². The Hall–Kier alpha value is -1.81. The first kappa shape index (κ1) is 14.6. The molecule has 0 fully saturated rings. The highest BCUT2D eigenvalue weighted by molar-refractivity contribution is 5.36. The molecule has 0 aromatic heterocycles. The van der Waals surface area contributed by atoms with Crippen LogP contribution in [0.1, 0.15) is 29.7 Å². The average molecular weight is 279 g/mol. The average Bonchev–Trinajstić information content (AvgIpc) is 2.42. The van der Waals surface area contributed by atoms with Gasteiger partial charge in [0.2, 0.25) is 0 Å². The van der Waals surface area contributed by atoms with Crippen molar-refractivity contribution in [1.29, 1.82) is 0 Å². The molecule has 106 valence electrons. The standard InChI is InChI=1S/C16H16F3N/c1-3-10-5-4-6-11(7-10)16(20-2)15-13(18)8-12(17)9-14(15)19/h4-9,16,20H,3H2,1-2H3. The first-order valence-electron chi connectivity index (χ1n) is 6.47. The quantitative estimate of drug-likeness (QED) is 0.892. The van der Waals surface area contributed by atoms with E-state index < -0.39 is 23.5 Å².